The van der Waals surface area contributed by atoms with E-state index in [1.165, 1.54) is 6.42 Å². The predicted molar refractivity (Wildman–Crippen MR) is 78.9 cm³/mol. The van der Waals surface area contributed by atoms with E-state index >= 15 is 0 Å². The van der Waals surface area contributed by atoms with E-state index in [0.29, 0.717) is 5.25 Å². The summed E-state index contributed by atoms with van der Waals surface area (Å²) in [5.74, 6) is 0.729. The van der Waals surface area contributed by atoms with Gasteiger partial charge in [-0.05, 0) is 19.2 Å². The highest BCUT2D eigenvalue weighted by atomic mass is 32.2. The van der Waals surface area contributed by atoms with Gasteiger partial charge in [0.2, 0.25) is 5.88 Å². The van der Waals surface area contributed by atoms with Crippen LogP contribution in [0, 0.1) is 0 Å². The molecule has 0 aliphatic carbocycles. The van der Waals surface area contributed by atoms with E-state index in [4.69, 9.17) is 4.74 Å². The first kappa shape index (κ1) is 13.7. The smallest absolute Gasteiger partial charge is 0.237 e. The van der Waals surface area contributed by atoms with Crippen LogP contribution in [0.5, 0.6) is 5.88 Å². The summed E-state index contributed by atoms with van der Waals surface area (Å²) < 4.78 is 7.41. The molecule has 0 aromatic carbocycles. The number of rotatable bonds is 7. The molecule has 0 amide bonds. The van der Waals surface area contributed by atoms with E-state index in [9.17, 15) is 0 Å². The van der Waals surface area contributed by atoms with Crippen LogP contribution >= 0.6 is 23.1 Å². The highest BCUT2D eigenvalue weighted by Gasteiger charge is 2.12. The molecule has 1 atom stereocenters. The fourth-order valence-electron chi connectivity index (χ4n) is 1.77. The van der Waals surface area contributed by atoms with Gasteiger partial charge in [0.25, 0.3) is 0 Å². The number of aromatic nitrogens is 2. The van der Waals surface area contributed by atoms with Gasteiger partial charge in [0.1, 0.15) is 5.69 Å². The Bertz CT molecular complexity index is 494. The van der Waals surface area contributed by atoms with Gasteiger partial charge >= 0.3 is 0 Å². The van der Waals surface area contributed by atoms with Gasteiger partial charge in [-0.2, -0.15) is 16.7 Å². The first-order valence-corrected chi connectivity index (χ1v) is 8.15. The summed E-state index contributed by atoms with van der Waals surface area (Å²) in [6, 6.07) is 0. The summed E-state index contributed by atoms with van der Waals surface area (Å²) in [6.07, 6.45) is 5.37. The minimum Gasteiger partial charge on any atom is -0.480 e. The average Bonchev–Trinajstić information content (AvgIpc) is 2.95. The molecule has 0 aliphatic rings. The Morgan fingerprint density at radius 2 is 2.44 bits per heavy atom. The van der Waals surface area contributed by atoms with Gasteiger partial charge in [-0.1, -0.05) is 6.92 Å². The molecule has 18 heavy (non-hydrogen) atoms. The Morgan fingerprint density at radius 1 is 1.61 bits per heavy atom. The molecule has 2 heterocycles. The predicted octanol–water partition coefficient (Wildman–Crippen LogP) is 2.64. The minimum absolute atomic E-state index is 0.700. The van der Waals surface area contributed by atoms with Crippen LogP contribution < -0.4 is 10.1 Å². The van der Waals surface area contributed by atoms with Crippen molar-refractivity contribution in [2.45, 2.75) is 25.1 Å². The zero-order valence-corrected chi connectivity index (χ0v) is 12.6. The van der Waals surface area contributed by atoms with Crippen LogP contribution in [0.1, 0.15) is 19.0 Å². The van der Waals surface area contributed by atoms with Crippen molar-refractivity contribution in [1.29, 1.82) is 0 Å². The highest BCUT2D eigenvalue weighted by Crippen LogP contribution is 2.22. The lowest BCUT2D eigenvalue weighted by Crippen LogP contribution is -2.18. The van der Waals surface area contributed by atoms with Gasteiger partial charge in [-0.15, -0.1) is 11.3 Å². The number of imidazole rings is 1. The van der Waals surface area contributed by atoms with Crippen LogP contribution in [-0.2, 0) is 6.54 Å². The van der Waals surface area contributed by atoms with Gasteiger partial charge in [-0.3, -0.25) is 4.40 Å². The summed E-state index contributed by atoms with van der Waals surface area (Å²) in [7, 11) is 1.67. The number of thiazole rings is 1. The Morgan fingerprint density at radius 3 is 3.17 bits per heavy atom. The highest BCUT2D eigenvalue weighted by molar-refractivity contribution is 7.99. The van der Waals surface area contributed by atoms with Crippen molar-refractivity contribution in [3.05, 3.63) is 17.3 Å². The average molecular weight is 285 g/mol. The number of nitrogens with zero attached hydrogens (tertiary/aromatic N) is 2. The molecule has 0 saturated carbocycles. The molecular weight excluding hydrogens is 266 g/mol. The van der Waals surface area contributed by atoms with Crippen molar-refractivity contribution in [2.75, 3.05) is 19.9 Å². The van der Waals surface area contributed by atoms with Crippen molar-refractivity contribution >= 4 is 28.1 Å². The van der Waals surface area contributed by atoms with E-state index in [0.717, 1.165) is 29.6 Å². The number of nitrogens with one attached hydrogen (secondary N) is 1. The monoisotopic (exact) mass is 285 g/mol. The molecule has 1 unspecified atom stereocenters. The maximum Gasteiger partial charge on any atom is 0.237 e. The molecule has 0 aliphatic heterocycles. The fourth-order valence-corrected chi connectivity index (χ4v) is 2.85. The molecule has 0 fully saturated rings. The van der Waals surface area contributed by atoms with Crippen molar-refractivity contribution in [3.63, 3.8) is 0 Å². The topological polar surface area (TPSA) is 38.6 Å². The first-order chi connectivity index (χ1) is 8.76. The molecular formula is C12H19N3OS2. The number of methoxy groups -OCH3 is 1. The van der Waals surface area contributed by atoms with Crippen molar-refractivity contribution in [1.82, 2.24) is 14.7 Å². The molecule has 4 nitrogen and oxygen atoms in total. The summed E-state index contributed by atoms with van der Waals surface area (Å²) in [5.41, 5.74) is 1.10. The fraction of sp³-hybridized carbons (Fsp3) is 0.583. The van der Waals surface area contributed by atoms with Gasteiger partial charge < -0.3 is 10.1 Å². The number of hydrogen-bond donors (Lipinski definition) is 1. The van der Waals surface area contributed by atoms with E-state index < -0.39 is 0 Å². The second-order valence-corrected chi connectivity index (χ2v) is 6.28. The third-order valence-corrected chi connectivity index (χ3v) is 4.74. The lowest BCUT2D eigenvalue weighted by Gasteiger charge is -2.09. The SMILES string of the molecule is COc1nc2sccn2c1CNCCC(C)SC. The first-order valence-electron chi connectivity index (χ1n) is 5.98. The quantitative estimate of drug-likeness (QED) is 0.794. The summed E-state index contributed by atoms with van der Waals surface area (Å²) in [5, 5.41) is 6.20. The van der Waals surface area contributed by atoms with Crippen LogP contribution in [-0.4, -0.2) is 34.5 Å². The van der Waals surface area contributed by atoms with E-state index in [-0.39, 0.29) is 0 Å². The van der Waals surface area contributed by atoms with Crippen LogP contribution in [0.2, 0.25) is 0 Å². The van der Waals surface area contributed by atoms with Crippen LogP contribution in [0.25, 0.3) is 4.96 Å². The van der Waals surface area contributed by atoms with E-state index in [1.807, 2.05) is 23.3 Å². The zero-order chi connectivity index (χ0) is 13.0. The van der Waals surface area contributed by atoms with Crippen LogP contribution in [0.3, 0.4) is 0 Å². The molecule has 0 saturated heterocycles. The molecule has 2 aromatic rings. The van der Waals surface area contributed by atoms with Gasteiger partial charge in [0.05, 0.1) is 7.11 Å². The van der Waals surface area contributed by atoms with Crippen LogP contribution in [0.15, 0.2) is 11.6 Å². The second kappa shape index (κ2) is 6.45. The maximum absolute atomic E-state index is 5.32. The molecule has 100 valence electrons. The van der Waals surface area contributed by atoms with E-state index in [1.54, 1.807) is 18.4 Å². The summed E-state index contributed by atoms with van der Waals surface area (Å²) in [4.78, 5) is 5.42. The Hall–Kier alpha value is -0.720. The standard InChI is InChI=1S/C12H19N3OS2/c1-9(17-3)4-5-13-8-10-11(16-2)14-12-15(10)6-7-18-12/h6-7,9,13H,4-5,8H2,1-3H3. The van der Waals surface area contributed by atoms with Gasteiger partial charge in [-0.25, -0.2) is 0 Å². The number of fused-ring (bicyclic) bond motifs is 1. The second-order valence-electron chi connectivity index (χ2n) is 4.14. The molecule has 2 rings (SSSR count). The van der Waals surface area contributed by atoms with Crippen molar-refractivity contribution in [3.8, 4) is 5.88 Å². The molecule has 6 heteroatoms. The van der Waals surface area contributed by atoms with Crippen molar-refractivity contribution < 1.29 is 4.74 Å². The number of hydrogen-bond acceptors (Lipinski definition) is 5. The largest absolute Gasteiger partial charge is 0.480 e. The molecule has 2 aromatic heterocycles. The zero-order valence-electron chi connectivity index (χ0n) is 11.0. The summed E-state index contributed by atoms with van der Waals surface area (Å²) >= 11 is 3.53. The molecule has 1 N–H and O–H groups in total. The molecule has 0 spiro atoms. The van der Waals surface area contributed by atoms with E-state index in [2.05, 4.69) is 27.9 Å². The van der Waals surface area contributed by atoms with Crippen molar-refractivity contribution in [2.24, 2.45) is 0 Å². The maximum atomic E-state index is 5.32. The normalized spacial score (nSPS) is 13.1. The number of ether oxygens (including phenoxy) is 1. The Balaban J connectivity index is 1.95. The Kier molecular flexibility index (Phi) is 4.91. The number of thioether (sulfide) groups is 1. The third-order valence-electron chi connectivity index (χ3n) is 2.94. The molecule has 0 radical (unpaired) electrons. The summed E-state index contributed by atoms with van der Waals surface area (Å²) in [6.45, 7) is 4.06. The van der Waals surface area contributed by atoms with Gasteiger partial charge in [0, 0.05) is 23.4 Å². The third kappa shape index (κ3) is 2.99. The minimum atomic E-state index is 0.700. The van der Waals surface area contributed by atoms with Gasteiger partial charge in [0.15, 0.2) is 4.96 Å². The molecule has 0 bridgehead atoms. The lowest BCUT2D eigenvalue weighted by atomic mass is 10.3. The lowest BCUT2D eigenvalue weighted by molar-refractivity contribution is 0.393. The van der Waals surface area contributed by atoms with Crippen LogP contribution in [0.4, 0.5) is 0 Å². The Labute approximate surface area is 116 Å².